The zero-order chi connectivity index (χ0) is 7.40. The molecule has 0 aliphatic carbocycles. The molecule has 0 aromatic rings. The van der Waals surface area contributed by atoms with E-state index in [0.717, 1.165) is 19.3 Å². The van der Waals surface area contributed by atoms with Crippen LogP contribution in [0.5, 0.6) is 0 Å². The van der Waals surface area contributed by atoms with Crippen LogP contribution in [0.1, 0.15) is 19.3 Å². The van der Waals surface area contributed by atoms with Crippen LogP contribution in [0.15, 0.2) is 5.28 Å². The second kappa shape index (κ2) is 5.62. The Morgan fingerprint density at radius 2 is 1.82 bits per heavy atom. The maximum Gasteiger partial charge on any atom is 1.00 e. The van der Waals surface area contributed by atoms with E-state index in [-0.39, 0.29) is 34.5 Å². The van der Waals surface area contributed by atoms with Crippen molar-refractivity contribution in [2.45, 2.75) is 19.3 Å². The molecule has 0 spiro atoms. The number of hydrogen-bond acceptors (Lipinski definition) is 2. The van der Waals surface area contributed by atoms with Crippen molar-refractivity contribution in [3.05, 3.63) is 5.21 Å². The van der Waals surface area contributed by atoms with E-state index in [2.05, 4.69) is 5.28 Å². The molecule has 1 rings (SSSR count). The zero-order valence-electron chi connectivity index (χ0n) is 6.73. The standard InChI is InChI=1S/C5H11N3O2.Na/c9-6-8(10)7-4-2-1-3-5-7;/h9H,1-5H2;/q;+1. The second-order valence-electron chi connectivity index (χ2n) is 2.36. The van der Waals surface area contributed by atoms with Crippen LogP contribution in [-0.2, 0) is 0 Å². The molecule has 1 aliphatic rings. The van der Waals surface area contributed by atoms with Crippen LogP contribution in [-0.4, -0.2) is 28.3 Å². The molecule has 5 nitrogen and oxygen atoms in total. The van der Waals surface area contributed by atoms with Gasteiger partial charge in [-0.3, -0.25) is 0 Å². The van der Waals surface area contributed by atoms with Gasteiger partial charge in [0.05, 0.1) is 18.1 Å². The first-order valence-electron chi connectivity index (χ1n) is 3.42. The first-order chi connectivity index (χ1) is 4.84. The molecule has 1 saturated heterocycles. The van der Waals surface area contributed by atoms with Crippen molar-refractivity contribution < 1.29 is 39.7 Å². The summed E-state index contributed by atoms with van der Waals surface area (Å²) in [7, 11) is 0. The Kier molecular flexibility index (Phi) is 5.62. The van der Waals surface area contributed by atoms with Gasteiger partial charge in [0, 0.05) is 0 Å². The van der Waals surface area contributed by atoms with Crippen LogP contribution in [0.4, 0.5) is 0 Å². The second-order valence-corrected chi connectivity index (χ2v) is 2.36. The maximum absolute atomic E-state index is 10.6. The van der Waals surface area contributed by atoms with Crippen molar-refractivity contribution >= 4 is 0 Å². The molecule has 0 unspecified atom stereocenters. The van der Waals surface area contributed by atoms with Crippen LogP contribution in [0, 0.1) is 5.21 Å². The summed E-state index contributed by atoms with van der Waals surface area (Å²) in [5.41, 5.74) is 0. The molecule has 0 atom stereocenters. The predicted octanol–water partition coefficient (Wildman–Crippen LogP) is -2.26. The van der Waals surface area contributed by atoms with Gasteiger partial charge in [0.2, 0.25) is 5.28 Å². The summed E-state index contributed by atoms with van der Waals surface area (Å²) in [6, 6.07) is 0. The first-order valence-corrected chi connectivity index (χ1v) is 3.42. The molecule has 0 saturated carbocycles. The van der Waals surface area contributed by atoms with Gasteiger partial charge in [0.25, 0.3) is 0 Å². The summed E-state index contributed by atoms with van der Waals surface area (Å²) in [5, 5.41) is 22.7. The molecule has 0 bridgehead atoms. The number of rotatable bonds is 1. The Hall–Kier alpha value is 0.0000000000000000555. The molecule has 1 N–H and O–H groups in total. The van der Waals surface area contributed by atoms with Gasteiger partial charge in [-0.2, -0.15) is 0 Å². The third-order valence-electron chi connectivity index (χ3n) is 1.65. The molecule has 0 amide bonds. The van der Waals surface area contributed by atoms with E-state index >= 15 is 0 Å². The summed E-state index contributed by atoms with van der Waals surface area (Å²) in [5.74, 6) is 0. The van der Waals surface area contributed by atoms with Crippen molar-refractivity contribution in [2.24, 2.45) is 5.28 Å². The summed E-state index contributed by atoms with van der Waals surface area (Å²) in [4.78, 5) is 0.249. The number of hydrogen-bond donors (Lipinski definition) is 1. The van der Waals surface area contributed by atoms with E-state index in [9.17, 15) is 5.21 Å². The van der Waals surface area contributed by atoms with Crippen molar-refractivity contribution in [3.63, 3.8) is 0 Å². The fraction of sp³-hybridized carbons (Fsp3) is 1.00. The largest absolute Gasteiger partial charge is 1.00 e. The summed E-state index contributed by atoms with van der Waals surface area (Å²) in [6.45, 7) is 1.40. The molecular weight excluding hydrogens is 157 g/mol. The van der Waals surface area contributed by atoms with Crippen molar-refractivity contribution in [2.75, 3.05) is 13.1 Å². The first kappa shape index (κ1) is 11.0. The van der Waals surface area contributed by atoms with Crippen LogP contribution in [0.3, 0.4) is 0 Å². The van der Waals surface area contributed by atoms with Gasteiger partial charge in [-0.15, -0.1) is 5.01 Å². The Bertz CT molecular complexity index is 136. The Morgan fingerprint density at radius 1 is 1.27 bits per heavy atom. The molecule has 0 aromatic heterocycles. The van der Waals surface area contributed by atoms with E-state index in [1.54, 1.807) is 0 Å². The normalized spacial score (nSPS) is 19.3. The van der Waals surface area contributed by atoms with Crippen molar-refractivity contribution in [3.8, 4) is 0 Å². The van der Waals surface area contributed by atoms with Gasteiger partial charge in [-0.25, -0.2) is 0 Å². The van der Waals surface area contributed by atoms with E-state index in [0.29, 0.717) is 13.1 Å². The van der Waals surface area contributed by atoms with E-state index in [4.69, 9.17) is 5.21 Å². The molecule has 6 heteroatoms. The number of piperidine rings is 1. The summed E-state index contributed by atoms with van der Waals surface area (Å²) in [6.07, 6.45) is 3.18. The smallest absolute Gasteiger partial charge is 0.569 e. The third-order valence-corrected chi connectivity index (χ3v) is 1.65. The average Bonchev–Trinajstić information content (AvgIpc) is 2.05. The molecule has 1 aliphatic heterocycles. The van der Waals surface area contributed by atoms with Crippen LogP contribution in [0.25, 0.3) is 0 Å². The van der Waals surface area contributed by atoms with Gasteiger partial charge < -0.3 is 10.4 Å². The van der Waals surface area contributed by atoms with Crippen LogP contribution < -0.4 is 29.6 Å². The molecule has 11 heavy (non-hydrogen) atoms. The average molecular weight is 168 g/mol. The molecule has 1 heterocycles. The van der Waals surface area contributed by atoms with E-state index in [1.165, 1.54) is 5.01 Å². The quantitative estimate of drug-likeness (QED) is 0.208. The predicted molar refractivity (Wildman–Crippen MR) is 33.3 cm³/mol. The maximum atomic E-state index is 10.6. The molecule has 0 aromatic carbocycles. The zero-order valence-corrected chi connectivity index (χ0v) is 8.73. The van der Waals surface area contributed by atoms with Crippen LogP contribution in [0.2, 0.25) is 0 Å². The minimum Gasteiger partial charge on any atom is -0.569 e. The number of hydrazine groups is 1. The van der Waals surface area contributed by atoms with Gasteiger partial charge in [-0.1, -0.05) is 0 Å². The third kappa shape index (κ3) is 3.27. The van der Waals surface area contributed by atoms with Gasteiger partial charge in [0.1, 0.15) is 0 Å². The number of nitrogens with zero attached hydrogens (tertiary/aromatic N) is 3. The summed E-state index contributed by atoms with van der Waals surface area (Å²) >= 11 is 0. The fourth-order valence-electron chi connectivity index (χ4n) is 1.10. The van der Waals surface area contributed by atoms with Crippen molar-refractivity contribution in [1.82, 2.24) is 5.01 Å². The monoisotopic (exact) mass is 168 g/mol. The minimum absolute atomic E-state index is 0. The SMILES string of the molecule is [Na+].[O-][N+](=NO)N1CCCCC1. The molecule has 1 fully saturated rings. The molecule has 0 radical (unpaired) electrons. The van der Waals surface area contributed by atoms with E-state index in [1.807, 2.05) is 0 Å². The molecular formula is C5H11N3NaO2+. The topological polar surface area (TPSA) is 61.9 Å². The Labute approximate surface area is 87.5 Å². The molecule has 58 valence electrons. The van der Waals surface area contributed by atoms with Gasteiger partial charge in [-0.05, 0) is 19.3 Å². The Morgan fingerprint density at radius 3 is 2.27 bits per heavy atom. The fourth-order valence-corrected chi connectivity index (χ4v) is 1.10. The van der Waals surface area contributed by atoms with E-state index < -0.39 is 0 Å². The Balaban J connectivity index is 0.000001000. The van der Waals surface area contributed by atoms with Gasteiger partial charge >= 0.3 is 29.6 Å². The summed E-state index contributed by atoms with van der Waals surface area (Å²) < 4.78 is 0. The van der Waals surface area contributed by atoms with Crippen LogP contribution >= 0.6 is 0 Å². The van der Waals surface area contributed by atoms with Crippen molar-refractivity contribution in [1.29, 1.82) is 0 Å². The minimum atomic E-state index is 0. The van der Waals surface area contributed by atoms with Gasteiger partial charge in [0.15, 0.2) is 0 Å².